The van der Waals surface area contributed by atoms with Crippen LogP contribution < -0.4 is 0 Å². The second kappa shape index (κ2) is 15.8. The number of carbonyl (C=O) groups excluding carboxylic acids is 2. The predicted molar refractivity (Wildman–Crippen MR) is 167 cm³/mol. The van der Waals surface area contributed by atoms with E-state index in [-0.39, 0.29) is 23.7 Å². The lowest BCUT2D eigenvalue weighted by molar-refractivity contribution is -0.192. The van der Waals surface area contributed by atoms with E-state index in [1.165, 1.54) is 12.8 Å². The number of aryl methyl sites for hydroxylation is 2. The van der Waals surface area contributed by atoms with Gasteiger partial charge in [0.05, 0.1) is 12.6 Å². The molecule has 4 heterocycles. The quantitative estimate of drug-likeness (QED) is 0.374. The Kier molecular flexibility index (Phi) is 12.4. The van der Waals surface area contributed by atoms with Crippen molar-refractivity contribution in [1.29, 1.82) is 0 Å². The van der Waals surface area contributed by atoms with E-state index >= 15 is 0 Å². The Morgan fingerprint density at radius 3 is 2.20 bits per heavy atom. The summed E-state index contributed by atoms with van der Waals surface area (Å²) >= 11 is 0. The maximum Gasteiger partial charge on any atom is 0.490 e. The van der Waals surface area contributed by atoms with Crippen LogP contribution in [0.15, 0.2) is 18.2 Å². The Balaban J connectivity index is 0.000000617. The number of alkyl halides is 3. The van der Waals surface area contributed by atoms with Crippen LogP contribution in [-0.4, -0.2) is 108 Å². The first-order valence-electron chi connectivity index (χ1n) is 16.8. The van der Waals surface area contributed by atoms with E-state index in [0.717, 1.165) is 107 Å². The van der Waals surface area contributed by atoms with Crippen molar-refractivity contribution in [2.75, 3.05) is 45.9 Å². The van der Waals surface area contributed by atoms with Crippen molar-refractivity contribution in [3.63, 3.8) is 0 Å². The highest BCUT2D eigenvalue weighted by Gasteiger charge is 2.50. The molecule has 9 nitrogen and oxygen atoms in total. The monoisotopic (exact) mass is 653 g/mol. The summed E-state index contributed by atoms with van der Waals surface area (Å²) in [7, 11) is 0. The van der Waals surface area contributed by atoms with Gasteiger partial charge in [-0.2, -0.15) is 13.2 Å². The van der Waals surface area contributed by atoms with Crippen LogP contribution in [0.2, 0.25) is 0 Å². The average Bonchev–Trinajstić information content (AvgIpc) is 3.02. The summed E-state index contributed by atoms with van der Waals surface area (Å²) in [6, 6.07) is 6.59. The molecule has 1 spiro atoms. The molecule has 5 rings (SSSR count). The SMILES string of the molecule is CCCCC1CN(CC2CCCCO2)C(=O)OC12CCN(C1CCN(C(=O)c3c(C)cccc3C)CC1)CC2.O=C(O)C(F)(F)F. The molecule has 0 saturated carbocycles. The largest absolute Gasteiger partial charge is 0.490 e. The van der Waals surface area contributed by atoms with E-state index in [0.29, 0.717) is 18.5 Å². The van der Waals surface area contributed by atoms with Gasteiger partial charge in [-0.1, -0.05) is 38.0 Å². The second-order valence-corrected chi connectivity index (χ2v) is 13.3. The predicted octanol–water partition coefficient (Wildman–Crippen LogP) is 6.20. The number of hydrogen-bond acceptors (Lipinski definition) is 6. The third-order valence-corrected chi connectivity index (χ3v) is 10.2. The van der Waals surface area contributed by atoms with Gasteiger partial charge >= 0.3 is 18.2 Å². The molecule has 4 aliphatic heterocycles. The van der Waals surface area contributed by atoms with E-state index in [9.17, 15) is 22.8 Å². The Bertz CT molecular complexity index is 1170. The number of carboxylic acid groups (broad SMARTS) is 1. The van der Waals surface area contributed by atoms with Gasteiger partial charge in [-0.3, -0.25) is 9.69 Å². The van der Waals surface area contributed by atoms with Gasteiger partial charge in [-0.05, 0) is 63.5 Å². The highest BCUT2D eigenvalue weighted by molar-refractivity contribution is 5.97. The number of piperidine rings is 2. The van der Waals surface area contributed by atoms with Crippen LogP contribution in [0.5, 0.6) is 0 Å². The minimum atomic E-state index is -5.08. The zero-order valence-corrected chi connectivity index (χ0v) is 27.4. The first-order chi connectivity index (χ1) is 21.8. The number of nitrogens with zero attached hydrogens (tertiary/aromatic N) is 3. The minimum Gasteiger partial charge on any atom is -0.475 e. The zero-order chi connectivity index (χ0) is 33.5. The Morgan fingerprint density at radius 1 is 1.02 bits per heavy atom. The summed E-state index contributed by atoms with van der Waals surface area (Å²) in [5, 5.41) is 7.12. The summed E-state index contributed by atoms with van der Waals surface area (Å²) in [6.07, 6.45) is 5.60. The van der Waals surface area contributed by atoms with Crippen LogP contribution in [0.4, 0.5) is 18.0 Å². The molecular formula is C34H50F3N3O6. The highest BCUT2D eigenvalue weighted by atomic mass is 19.4. The second-order valence-electron chi connectivity index (χ2n) is 13.3. The molecule has 258 valence electrons. The first kappa shape index (κ1) is 36.0. The minimum absolute atomic E-state index is 0.135. The lowest BCUT2D eigenvalue weighted by Crippen LogP contribution is -2.62. The Hall–Kier alpha value is -2.86. The Labute approximate surface area is 270 Å². The van der Waals surface area contributed by atoms with Crippen molar-refractivity contribution in [3.05, 3.63) is 34.9 Å². The van der Waals surface area contributed by atoms with Crippen LogP contribution >= 0.6 is 0 Å². The van der Waals surface area contributed by atoms with E-state index in [1.54, 1.807) is 0 Å². The molecule has 4 saturated heterocycles. The smallest absolute Gasteiger partial charge is 0.475 e. The van der Waals surface area contributed by atoms with Crippen molar-refractivity contribution in [1.82, 2.24) is 14.7 Å². The maximum absolute atomic E-state index is 13.3. The fourth-order valence-corrected chi connectivity index (χ4v) is 7.50. The van der Waals surface area contributed by atoms with Gasteiger partial charge in [0.1, 0.15) is 5.60 Å². The lowest BCUT2D eigenvalue weighted by atomic mass is 9.75. The maximum atomic E-state index is 13.3. The van der Waals surface area contributed by atoms with Crippen LogP contribution in [0.25, 0.3) is 0 Å². The van der Waals surface area contributed by atoms with Crippen LogP contribution in [0.1, 0.15) is 92.6 Å². The number of carboxylic acids is 1. The third kappa shape index (κ3) is 8.93. The van der Waals surface area contributed by atoms with Gasteiger partial charge in [-0.15, -0.1) is 0 Å². The van der Waals surface area contributed by atoms with E-state index in [2.05, 4.69) is 11.8 Å². The molecule has 1 N–H and O–H groups in total. The molecule has 2 unspecified atom stereocenters. The fourth-order valence-electron chi connectivity index (χ4n) is 7.50. The number of rotatable bonds is 7. The normalized spacial score (nSPS) is 24.3. The van der Waals surface area contributed by atoms with Gasteiger partial charge in [0.2, 0.25) is 0 Å². The number of likely N-dealkylation sites (tertiary alicyclic amines) is 2. The van der Waals surface area contributed by atoms with Crippen molar-refractivity contribution < 1.29 is 42.1 Å². The molecule has 1 aromatic carbocycles. The lowest BCUT2D eigenvalue weighted by Gasteiger charge is -2.52. The van der Waals surface area contributed by atoms with Gasteiger partial charge < -0.3 is 24.4 Å². The van der Waals surface area contributed by atoms with Crippen LogP contribution in [0, 0.1) is 19.8 Å². The fraction of sp³-hybridized carbons (Fsp3) is 0.735. The van der Waals surface area contributed by atoms with Crippen LogP contribution in [0.3, 0.4) is 0 Å². The summed E-state index contributed by atoms with van der Waals surface area (Å²) in [5.41, 5.74) is 2.67. The molecule has 1 aromatic rings. The van der Waals surface area contributed by atoms with Gasteiger partial charge in [-0.25, -0.2) is 9.59 Å². The highest BCUT2D eigenvalue weighted by Crippen LogP contribution is 2.42. The molecule has 12 heteroatoms. The standard InChI is InChI=1S/C32H49N3O4.C2HF3O2/c1-4-5-11-26-22-35(23-28-12-6-7-21-38-28)31(37)39-32(26)15-19-33(20-16-32)27-13-17-34(18-14-27)30(36)29-24(2)9-8-10-25(29)3;3-2(4,5)1(6)7/h8-10,26-28H,4-7,11-23H2,1-3H3;(H,6,7). The number of halogens is 3. The zero-order valence-electron chi connectivity index (χ0n) is 27.4. The summed E-state index contributed by atoms with van der Waals surface area (Å²) < 4.78 is 44.1. The molecular weight excluding hydrogens is 603 g/mol. The number of benzene rings is 1. The van der Waals surface area contributed by atoms with E-state index in [1.807, 2.05) is 41.8 Å². The van der Waals surface area contributed by atoms with Gasteiger partial charge in [0.15, 0.2) is 0 Å². The number of carbonyl (C=O) groups is 3. The van der Waals surface area contributed by atoms with Gasteiger partial charge in [0.25, 0.3) is 5.91 Å². The topological polar surface area (TPSA) is 99.6 Å². The van der Waals surface area contributed by atoms with E-state index < -0.39 is 12.1 Å². The summed E-state index contributed by atoms with van der Waals surface area (Å²) in [4.78, 5) is 42.0. The van der Waals surface area contributed by atoms with E-state index in [4.69, 9.17) is 19.4 Å². The molecule has 0 bridgehead atoms. The summed E-state index contributed by atoms with van der Waals surface area (Å²) in [5.74, 6) is -2.19. The van der Waals surface area contributed by atoms with Crippen molar-refractivity contribution >= 4 is 18.0 Å². The molecule has 4 fully saturated rings. The van der Waals surface area contributed by atoms with Crippen molar-refractivity contribution in [2.45, 2.75) is 109 Å². The van der Waals surface area contributed by atoms with Crippen molar-refractivity contribution in [3.8, 4) is 0 Å². The molecule has 4 aliphatic rings. The number of aliphatic carboxylic acids is 1. The number of amides is 2. The number of unbranched alkanes of at least 4 members (excludes halogenated alkanes) is 1. The molecule has 0 aliphatic carbocycles. The number of hydrogen-bond donors (Lipinski definition) is 1. The van der Waals surface area contributed by atoms with Crippen LogP contribution in [-0.2, 0) is 14.3 Å². The van der Waals surface area contributed by atoms with Gasteiger partial charge in [0, 0.05) is 69.7 Å². The average molecular weight is 654 g/mol. The molecule has 46 heavy (non-hydrogen) atoms. The molecule has 0 aromatic heterocycles. The molecule has 2 atom stereocenters. The number of ether oxygens (including phenoxy) is 2. The first-order valence-corrected chi connectivity index (χ1v) is 16.8. The van der Waals surface area contributed by atoms with Crippen molar-refractivity contribution in [2.24, 2.45) is 5.92 Å². The molecule has 2 amide bonds. The Morgan fingerprint density at radius 2 is 1.65 bits per heavy atom. The summed E-state index contributed by atoms with van der Waals surface area (Å²) in [6.45, 7) is 12.2. The third-order valence-electron chi connectivity index (χ3n) is 10.2. The molecule has 0 radical (unpaired) electrons.